The van der Waals surface area contributed by atoms with Crippen LogP contribution in [0.25, 0.3) is 0 Å². The molecule has 2 heteroatoms. The van der Waals surface area contributed by atoms with Gasteiger partial charge in [-0.15, -0.1) is 0 Å². The van der Waals surface area contributed by atoms with Crippen molar-refractivity contribution in [3.63, 3.8) is 0 Å². The van der Waals surface area contributed by atoms with Crippen molar-refractivity contribution in [2.24, 2.45) is 5.92 Å². The zero-order chi connectivity index (χ0) is 14.4. The standard InChI is InChI=1S/C18H30N2/c1-4-16(5-2)14-20-13-9-12-19-18(3,15-20)17-10-7-6-8-11-17/h6-8,10-11,16,19H,4-5,9,12-15H2,1-3H3. The second-order valence-corrected chi connectivity index (χ2v) is 6.40. The highest BCUT2D eigenvalue weighted by molar-refractivity contribution is 5.24. The monoisotopic (exact) mass is 274 g/mol. The first kappa shape index (κ1) is 15.5. The molecule has 0 amide bonds. The molecule has 2 rings (SSSR count). The Morgan fingerprint density at radius 2 is 1.90 bits per heavy atom. The molecule has 2 nitrogen and oxygen atoms in total. The van der Waals surface area contributed by atoms with E-state index >= 15 is 0 Å². The molecule has 0 saturated carbocycles. The van der Waals surface area contributed by atoms with Crippen molar-refractivity contribution in [3.8, 4) is 0 Å². The lowest BCUT2D eigenvalue weighted by Gasteiger charge is -2.35. The maximum Gasteiger partial charge on any atom is 0.0534 e. The molecule has 1 N–H and O–H groups in total. The van der Waals surface area contributed by atoms with Gasteiger partial charge in [-0.1, -0.05) is 57.0 Å². The highest BCUT2D eigenvalue weighted by Gasteiger charge is 2.30. The first-order chi connectivity index (χ1) is 9.68. The fraction of sp³-hybridized carbons (Fsp3) is 0.667. The van der Waals surface area contributed by atoms with Crippen molar-refractivity contribution in [3.05, 3.63) is 35.9 Å². The summed E-state index contributed by atoms with van der Waals surface area (Å²) in [5.74, 6) is 0.841. The van der Waals surface area contributed by atoms with Crippen LogP contribution in [0, 0.1) is 5.92 Å². The molecule has 1 heterocycles. The minimum absolute atomic E-state index is 0.0871. The highest BCUT2D eigenvalue weighted by atomic mass is 15.2. The summed E-state index contributed by atoms with van der Waals surface area (Å²) in [7, 11) is 0. The van der Waals surface area contributed by atoms with Crippen LogP contribution in [0.4, 0.5) is 0 Å². The van der Waals surface area contributed by atoms with Crippen LogP contribution in [0.2, 0.25) is 0 Å². The van der Waals surface area contributed by atoms with Gasteiger partial charge in [-0.3, -0.25) is 0 Å². The summed E-state index contributed by atoms with van der Waals surface area (Å²) in [5.41, 5.74) is 1.50. The van der Waals surface area contributed by atoms with E-state index in [0.29, 0.717) is 0 Å². The lowest BCUT2D eigenvalue weighted by molar-refractivity contribution is 0.187. The lowest BCUT2D eigenvalue weighted by Crippen LogP contribution is -2.47. The van der Waals surface area contributed by atoms with Crippen molar-refractivity contribution < 1.29 is 0 Å². The van der Waals surface area contributed by atoms with Crippen LogP contribution in [0.3, 0.4) is 0 Å². The van der Waals surface area contributed by atoms with E-state index in [1.807, 2.05) is 0 Å². The zero-order valence-electron chi connectivity index (χ0n) is 13.4. The second-order valence-electron chi connectivity index (χ2n) is 6.40. The van der Waals surface area contributed by atoms with Crippen LogP contribution in [0.1, 0.15) is 45.6 Å². The Balaban J connectivity index is 2.10. The third kappa shape index (κ3) is 3.83. The molecule has 0 aromatic heterocycles. The van der Waals surface area contributed by atoms with E-state index in [0.717, 1.165) is 19.0 Å². The SMILES string of the molecule is CCC(CC)CN1CCCNC(C)(c2ccccc2)C1. The first-order valence-electron chi connectivity index (χ1n) is 8.21. The summed E-state index contributed by atoms with van der Waals surface area (Å²) in [6.07, 6.45) is 3.84. The van der Waals surface area contributed by atoms with Gasteiger partial charge in [0, 0.05) is 13.1 Å². The number of hydrogen-bond donors (Lipinski definition) is 1. The lowest BCUT2D eigenvalue weighted by atomic mass is 9.91. The summed E-state index contributed by atoms with van der Waals surface area (Å²) in [6, 6.07) is 10.9. The van der Waals surface area contributed by atoms with Gasteiger partial charge in [0.15, 0.2) is 0 Å². The van der Waals surface area contributed by atoms with Crippen molar-refractivity contribution in [1.82, 2.24) is 10.2 Å². The van der Waals surface area contributed by atoms with Gasteiger partial charge in [0.2, 0.25) is 0 Å². The molecule has 20 heavy (non-hydrogen) atoms. The normalized spacial score (nSPS) is 24.8. The van der Waals surface area contributed by atoms with Gasteiger partial charge in [-0.25, -0.2) is 0 Å². The first-order valence-corrected chi connectivity index (χ1v) is 8.21. The van der Waals surface area contributed by atoms with E-state index in [1.54, 1.807) is 0 Å². The van der Waals surface area contributed by atoms with Gasteiger partial charge < -0.3 is 10.2 Å². The highest BCUT2D eigenvalue weighted by Crippen LogP contribution is 2.25. The molecule has 1 aliphatic heterocycles. The Kier molecular flexibility index (Phi) is 5.62. The number of hydrogen-bond acceptors (Lipinski definition) is 2. The Morgan fingerprint density at radius 3 is 2.55 bits per heavy atom. The van der Waals surface area contributed by atoms with Crippen molar-refractivity contribution in [2.75, 3.05) is 26.2 Å². The number of nitrogens with zero attached hydrogens (tertiary/aromatic N) is 1. The summed E-state index contributed by atoms with van der Waals surface area (Å²) >= 11 is 0. The molecule has 1 fully saturated rings. The molecular weight excluding hydrogens is 244 g/mol. The van der Waals surface area contributed by atoms with Gasteiger partial charge >= 0.3 is 0 Å². The molecule has 1 saturated heterocycles. The fourth-order valence-corrected chi connectivity index (χ4v) is 3.32. The Bertz CT molecular complexity index is 386. The molecule has 0 spiro atoms. The van der Waals surface area contributed by atoms with Crippen molar-refractivity contribution in [2.45, 2.75) is 45.6 Å². The number of benzene rings is 1. The molecule has 1 aromatic rings. The van der Waals surface area contributed by atoms with Crippen LogP contribution >= 0.6 is 0 Å². The third-order valence-electron chi connectivity index (χ3n) is 4.79. The molecule has 1 aromatic carbocycles. The van der Waals surface area contributed by atoms with E-state index in [9.17, 15) is 0 Å². The predicted octanol–water partition coefficient (Wildman–Crippen LogP) is 3.63. The summed E-state index contributed by atoms with van der Waals surface area (Å²) in [6.45, 7) is 11.7. The summed E-state index contributed by atoms with van der Waals surface area (Å²) in [5, 5.41) is 3.77. The fourth-order valence-electron chi connectivity index (χ4n) is 3.32. The van der Waals surface area contributed by atoms with Crippen LogP contribution in [-0.4, -0.2) is 31.1 Å². The van der Waals surface area contributed by atoms with Crippen LogP contribution in [0.5, 0.6) is 0 Å². The maximum atomic E-state index is 3.77. The van der Waals surface area contributed by atoms with E-state index < -0.39 is 0 Å². The topological polar surface area (TPSA) is 15.3 Å². The van der Waals surface area contributed by atoms with E-state index in [4.69, 9.17) is 0 Å². The van der Waals surface area contributed by atoms with Gasteiger partial charge in [-0.05, 0) is 37.9 Å². The molecule has 0 bridgehead atoms. The summed E-state index contributed by atoms with van der Waals surface area (Å²) < 4.78 is 0. The summed E-state index contributed by atoms with van der Waals surface area (Å²) in [4.78, 5) is 2.67. The van der Waals surface area contributed by atoms with E-state index in [1.165, 1.54) is 37.9 Å². The maximum absolute atomic E-state index is 3.77. The Morgan fingerprint density at radius 1 is 1.20 bits per heavy atom. The van der Waals surface area contributed by atoms with Gasteiger partial charge in [0.05, 0.1) is 5.54 Å². The van der Waals surface area contributed by atoms with Gasteiger partial charge in [0.1, 0.15) is 0 Å². The second kappa shape index (κ2) is 7.24. The van der Waals surface area contributed by atoms with Gasteiger partial charge in [-0.2, -0.15) is 0 Å². The zero-order valence-corrected chi connectivity index (χ0v) is 13.4. The van der Waals surface area contributed by atoms with Gasteiger partial charge in [0.25, 0.3) is 0 Å². The van der Waals surface area contributed by atoms with Crippen molar-refractivity contribution in [1.29, 1.82) is 0 Å². The molecule has 1 unspecified atom stereocenters. The molecule has 1 aliphatic rings. The minimum atomic E-state index is 0.0871. The van der Waals surface area contributed by atoms with Crippen LogP contribution in [-0.2, 0) is 5.54 Å². The predicted molar refractivity (Wildman–Crippen MR) is 86.9 cm³/mol. The quantitative estimate of drug-likeness (QED) is 0.882. The van der Waals surface area contributed by atoms with Crippen LogP contribution < -0.4 is 5.32 Å². The molecule has 0 aliphatic carbocycles. The molecular formula is C18H30N2. The molecule has 0 radical (unpaired) electrons. The van der Waals surface area contributed by atoms with Crippen LogP contribution in [0.15, 0.2) is 30.3 Å². The molecule has 1 atom stereocenters. The van der Waals surface area contributed by atoms with E-state index in [-0.39, 0.29) is 5.54 Å². The average Bonchev–Trinajstić information content (AvgIpc) is 2.68. The Labute approximate surface area is 124 Å². The minimum Gasteiger partial charge on any atom is -0.307 e. The average molecular weight is 274 g/mol. The smallest absolute Gasteiger partial charge is 0.0534 e. The third-order valence-corrected chi connectivity index (χ3v) is 4.79. The van der Waals surface area contributed by atoms with E-state index in [2.05, 4.69) is 61.3 Å². The van der Waals surface area contributed by atoms with Crippen molar-refractivity contribution >= 4 is 0 Å². The number of rotatable bonds is 5. The number of nitrogens with one attached hydrogen (secondary N) is 1. The Hall–Kier alpha value is -0.860. The largest absolute Gasteiger partial charge is 0.307 e. The molecule has 112 valence electrons.